The van der Waals surface area contributed by atoms with Crippen LogP contribution in [-0.2, 0) is 4.57 Å². The lowest BCUT2D eigenvalue weighted by Crippen LogP contribution is -2.29. The lowest BCUT2D eigenvalue weighted by molar-refractivity contribution is 0.591. The predicted molar refractivity (Wildman–Crippen MR) is 151 cm³/mol. The van der Waals surface area contributed by atoms with E-state index in [1.165, 1.54) is 21.5 Å². The second-order valence-electron chi connectivity index (χ2n) is 8.94. The number of pyridine rings is 2. The van der Waals surface area contributed by atoms with Crippen LogP contribution in [0.1, 0.15) is 0 Å². The molecule has 0 spiro atoms. The first-order chi connectivity index (χ1) is 17.8. The Morgan fingerprint density at radius 2 is 0.861 bits per heavy atom. The van der Waals surface area contributed by atoms with E-state index >= 15 is 4.57 Å². The van der Waals surface area contributed by atoms with Gasteiger partial charge >= 0.3 is 0 Å². The zero-order valence-electron chi connectivity index (χ0n) is 19.4. The molecule has 0 saturated heterocycles. The van der Waals surface area contributed by atoms with Gasteiger partial charge in [0.05, 0.1) is 0 Å². The number of hydrogen-bond acceptors (Lipinski definition) is 3. The van der Waals surface area contributed by atoms with E-state index in [4.69, 9.17) is 0 Å². The summed E-state index contributed by atoms with van der Waals surface area (Å²) in [6.45, 7) is 0. The fourth-order valence-electron chi connectivity index (χ4n) is 5.45. The molecule has 36 heavy (non-hydrogen) atoms. The van der Waals surface area contributed by atoms with E-state index in [-0.39, 0.29) is 0 Å². The minimum atomic E-state index is -3.39. The van der Waals surface area contributed by atoms with Crippen LogP contribution in [0, 0.1) is 0 Å². The number of nitrogens with zero attached hydrogens (tertiary/aromatic N) is 2. The van der Waals surface area contributed by atoms with E-state index in [2.05, 4.69) is 82.8 Å². The lowest BCUT2D eigenvalue weighted by atomic mass is 9.91. The Hall–Kier alpha value is -4.33. The molecule has 0 atom stereocenters. The van der Waals surface area contributed by atoms with Gasteiger partial charge in [0.25, 0.3) is 0 Å². The van der Waals surface area contributed by atoms with Crippen molar-refractivity contribution < 1.29 is 4.57 Å². The monoisotopic (exact) mass is 480 g/mol. The maximum atomic E-state index is 15.4. The molecule has 0 amide bonds. The first-order valence-corrected chi connectivity index (χ1v) is 13.7. The fourth-order valence-corrected chi connectivity index (χ4v) is 8.08. The number of hydrogen-bond donors (Lipinski definition) is 0. The highest BCUT2D eigenvalue weighted by molar-refractivity contribution is 7.85. The molecule has 3 nitrogen and oxygen atoms in total. The quantitative estimate of drug-likeness (QED) is 0.208. The summed E-state index contributed by atoms with van der Waals surface area (Å²) in [5, 5.41) is 9.82. The second kappa shape index (κ2) is 8.12. The average molecular weight is 481 g/mol. The highest BCUT2D eigenvalue weighted by Gasteiger charge is 2.35. The Morgan fingerprint density at radius 1 is 0.444 bits per heavy atom. The van der Waals surface area contributed by atoms with Gasteiger partial charge in [-0.3, -0.25) is 9.97 Å². The summed E-state index contributed by atoms with van der Waals surface area (Å²) >= 11 is 0. The van der Waals surface area contributed by atoms with Gasteiger partial charge in [0.1, 0.15) is 10.9 Å². The molecule has 5 aromatic carbocycles. The molecule has 7 rings (SSSR count). The molecule has 2 heterocycles. The molecular formula is C32H21N2OP. The summed E-state index contributed by atoms with van der Waals surface area (Å²) in [4.78, 5) is 9.20. The van der Waals surface area contributed by atoms with Crippen molar-refractivity contribution in [2.45, 2.75) is 0 Å². The summed E-state index contributed by atoms with van der Waals surface area (Å²) in [6.07, 6.45) is 3.41. The smallest absolute Gasteiger partial charge is 0.206 e. The summed E-state index contributed by atoms with van der Waals surface area (Å²) < 4.78 is 15.4. The van der Waals surface area contributed by atoms with Gasteiger partial charge in [-0.05, 0) is 73.4 Å². The van der Waals surface area contributed by atoms with E-state index < -0.39 is 7.14 Å². The van der Waals surface area contributed by atoms with Crippen LogP contribution < -0.4 is 16.2 Å². The Labute approximate surface area is 208 Å². The molecule has 0 N–H and O–H groups in total. The molecule has 2 aromatic heterocycles. The minimum absolute atomic E-state index is 0.540. The third-order valence-corrected chi connectivity index (χ3v) is 9.88. The number of aromatic nitrogens is 2. The Kier molecular flexibility index (Phi) is 4.73. The van der Waals surface area contributed by atoms with Gasteiger partial charge < -0.3 is 4.57 Å². The van der Waals surface area contributed by atoms with Crippen LogP contribution in [0.4, 0.5) is 0 Å². The van der Waals surface area contributed by atoms with Crippen molar-refractivity contribution in [3.05, 3.63) is 128 Å². The summed E-state index contributed by atoms with van der Waals surface area (Å²) in [5.74, 6) is 0. The van der Waals surface area contributed by atoms with E-state index in [1.54, 1.807) is 12.4 Å². The van der Waals surface area contributed by atoms with Crippen LogP contribution >= 0.6 is 7.14 Å². The fraction of sp³-hybridized carbons (Fsp3) is 0. The normalized spacial score (nSPS) is 12.0. The van der Waals surface area contributed by atoms with Gasteiger partial charge in [-0.15, -0.1) is 0 Å². The largest absolute Gasteiger partial charge is 0.305 e. The SMILES string of the molecule is O=P(c1ccccn1)(c1ccccn1)c1cc2c3ccccc3c3ccccc3c2c2ccccc12. The molecule has 0 radical (unpaired) electrons. The van der Waals surface area contributed by atoms with Gasteiger partial charge in [0.2, 0.25) is 7.14 Å². The summed E-state index contributed by atoms with van der Waals surface area (Å²) in [7, 11) is -3.39. The Balaban J connectivity index is 1.74. The predicted octanol–water partition coefficient (Wildman–Crippen LogP) is 6.73. The van der Waals surface area contributed by atoms with Crippen LogP contribution in [0.15, 0.2) is 128 Å². The maximum absolute atomic E-state index is 15.4. The van der Waals surface area contributed by atoms with E-state index in [1.807, 2.05) is 42.5 Å². The highest BCUT2D eigenvalue weighted by atomic mass is 31.2. The van der Waals surface area contributed by atoms with Gasteiger partial charge in [0.15, 0.2) is 0 Å². The van der Waals surface area contributed by atoms with Crippen molar-refractivity contribution in [1.82, 2.24) is 9.97 Å². The summed E-state index contributed by atoms with van der Waals surface area (Å²) in [5.41, 5.74) is 1.08. The molecule has 7 aromatic rings. The first kappa shape index (κ1) is 21.0. The zero-order valence-corrected chi connectivity index (χ0v) is 20.3. The topological polar surface area (TPSA) is 42.9 Å². The molecule has 0 aliphatic carbocycles. The molecule has 0 fully saturated rings. The molecule has 4 heteroatoms. The van der Waals surface area contributed by atoms with Crippen LogP contribution in [0.5, 0.6) is 0 Å². The number of fused-ring (bicyclic) bond motifs is 8. The molecule has 0 unspecified atom stereocenters. The Morgan fingerprint density at radius 3 is 1.39 bits per heavy atom. The van der Waals surface area contributed by atoms with Crippen molar-refractivity contribution in [1.29, 1.82) is 0 Å². The molecular weight excluding hydrogens is 459 g/mol. The Bertz CT molecular complexity index is 1920. The van der Waals surface area contributed by atoms with Crippen LogP contribution in [-0.4, -0.2) is 9.97 Å². The molecule has 0 aliphatic rings. The molecule has 170 valence electrons. The van der Waals surface area contributed by atoms with Crippen molar-refractivity contribution >= 4 is 66.4 Å². The van der Waals surface area contributed by atoms with Crippen molar-refractivity contribution in [3.8, 4) is 0 Å². The summed E-state index contributed by atoms with van der Waals surface area (Å²) in [6, 6.07) is 38.7. The number of rotatable bonds is 3. The highest BCUT2D eigenvalue weighted by Crippen LogP contribution is 2.46. The molecule has 0 saturated carbocycles. The minimum Gasteiger partial charge on any atom is -0.305 e. The van der Waals surface area contributed by atoms with Crippen molar-refractivity contribution in [2.75, 3.05) is 0 Å². The van der Waals surface area contributed by atoms with Gasteiger partial charge in [-0.25, -0.2) is 0 Å². The first-order valence-electron chi connectivity index (χ1n) is 12.0. The van der Waals surface area contributed by atoms with Gasteiger partial charge in [-0.2, -0.15) is 0 Å². The zero-order chi connectivity index (χ0) is 24.1. The molecule has 0 aliphatic heterocycles. The van der Waals surface area contributed by atoms with Crippen molar-refractivity contribution in [2.24, 2.45) is 0 Å². The van der Waals surface area contributed by atoms with Crippen LogP contribution in [0.3, 0.4) is 0 Å². The molecule has 0 bridgehead atoms. The van der Waals surface area contributed by atoms with Gasteiger partial charge in [-0.1, -0.05) is 84.9 Å². The third-order valence-electron chi connectivity index (χ3n) is 7.01. The van der Waals surface area contributed by atoms with Gasteiger partial charge in [0, 0.05) is 17.7 Å². The second-order valence-corrected chi connectivity index (χ2v) is 11.6. The average Bonchev–Trinajstić information content (AvgIpc) is 2.97. The van der Waals surface area contributed by atoms with Crippen LogP contribution in [0.2, 0.25) is 0 Å². The van der Waals surface area contributed by atoms with E-state index in [0.717, 1.165) is 26.8 Å². The van der Waals surface area contributed by atoms with E-state index in [9.17, 15) is 0 Å². The maximum Gasteiger partial charge on any atom is 0.206 e. The standard InChI is InChI=1S/C32H21N2OP/c35-36(30-17-7-9-19-33-30,31-18-8-10-20-34-31)29-21-28-24-13-2-1-11-22(24)23-12-3-5-15-26(23)32(28)27-16-6-4-14-25(27)29/h1-21H. The third kappa shape index (κ3) is 2.97. The van der Waals surface area contributed by atoms with E-state index in [0.29, 0.717) is 10.9 Å². The lowest BCUT2D eigenvalue weighted by Gasteiger charge is -2.22. The van der Waals surface area contributed by atoms with Crippen LogP contribution in [0.25, 0.3) is 43.1 Å². The number of benzene rings is 5. The van der Waals surface area contributed by atoms with Crippen molar-refractivity contribution in [3.63, 3.8) is 0 Å².